The van der Waals surface area contributed by atoms with E-state index in [1.54, 1.807) is 6.92 Å². The zero-order chi connectivity index (χ0) is 15.9. The van der Waals surface area contributed by atoms with Crippen LogP contribution in [0.5, 0.6) is 0 Å². The number of guanidine groups is 1. The van der Waals surface area contributed by atoms with Gasteiger partial charge < -0.3 is 20.1 Å². The highest BCUT2D eigenvalue weighted by Crippen LogP contribution is 2.27. The van der Waals surface area contributed by atoms with E-state index in [1.165, 1.54) is 11.2 Å². The van der Waals surface area contributed by atoms with E-state index in [0.717, 1.165) is 0 Å². The summed E-state index contributed by atoms with van der Waals surface area (Å²) in [6.07, 6.45) is -3.05. The first kappa shape index (κ1) is 15.0. The third-order valence-corrected chi connectivity index (χ3v) is 3.65. The second kappa shape index (κ2) is 5.72. The van der Waals surface area contributed by atoms with Gasteiger partial charge >= 0.3 is 0 Å². The van der Waals surface area contributed by atoms with Gasteiger partial charge in [0, 0.05) is 6.54 Å². The zero-order valence-electron chi connectivity index (χ0n) is 11.8. The van der Waals surface area contributed by atoms with E-state index < -0.39 is 37.2 Å². The highest BCUT2D eigenvalue weighted by molar-refractivity contribution is 6.23. The number of aliphatic hydroxyl groups excluding tert-OH is 3. The Bertz CT molecular complexity index is 562. The number of aliphatic hydroxyl groups is 3. The van der Waals surface area contributed by atoms with Gasteiger partial charge in [-0.25, -0.2) is 0 Å². The van der Waals surface area contributed by atoms with Crippen LogP contribution >= 0.6 is 0 Å². The van der Waals surface area contributed by atoms with Gasteiger partial charge in [0.2, 0.25) is 5.96 Å². The number of carbonyl (C=O) groups is 1. The first-order chi connectivity index (χ1) is 10.6. The van der Waals surface area contributed by atoms with E-state index in [-0.39, 0.29) is 17.7 Å². The summed E-state index contributed by atoms with van der Waals surface area (Å²) < 4.78 is 5.43. The molecule has 1 saturated heterocycles. The van der Waals surface area contributed by atoms with Crippen molar-refractivity contribution < 1.29 is 24.9 Å². The van der Waals surface area contributed by atoms with Gasteiger partial charge in [0.05, 0.1) is 12.9 Å². The van der Waals surface area contributed by atoms with Gasteiger partial charge in [-0.3, -0.25) is 25.0 Å². The SMILES string of the molecule is CCN=C1N=C2C(N=CN2[C@@H]2O[C@H](CO)[C@@H](O)[C@H]2O)C(=O)N1. The summed E-state index contributed by atoms with van der Waals surface area (Å²) in [6, 6.07) is -0.836. The molecule has 0 radical (unpaired) electrons. The fraction of sp³-hybridized carbons (Fsp3) is 0.667. The molecule has 3 aliphatic rings. The maximum absolute atomic E-state index is 12.0. The van der Waals surface area contributed by atoms with Crippen molar-refractivity contribution in [2.24, 2.45) is 15.0 Å². The summed E-state index contributed by atoms with van der Waals surface area (Å²) >= 11 is 0. The summed E-state index contributed by atoms with van der Waals surface area (Å²) in [5.74, 6) is 0.0643. The van der Waals surface area contributed by atoms with Crippen LogP contribution in [0.4, 0.5) is 0 Å². The van der Waals surface area contributed by atoms with Gasteiger partial charge in [-0.15, -0.1) is 0 Å². The molecule has 0 aromatic heterocycles. The van der Waals surface area contributed by atoms with Crippen molar-refractivity contribution in [3.05, 3.63) is 0 Å². The topological polar surface area (TPSA) is 139 Å². The Morgan fingerprint density at radius 2 is 2.23 bits per heavy atom. The van der Waals surface area contributed by atoms with Gasteiger partial charge in [0.15, 0.2) is 18.1 Å². The molecule has 0 aromatic rings. The standard InChI is InChI=1S/C12H17N5O5/c1-2-13-12-15-9-6(10(21)16-12)14-4-17(9)11-8(20)7(19)5(3-18)22-11/h4-8,11,18-20H,2-3H2,1H3,(H,13,16,21)/t5-,6?,7-,8-,11-/m1/s1. The average molecular weight is 311 g/mol. The van der Waals surface area contributed by atoms with Crippen molar-refractivity contribution in [2.75, 3.05) is 13.2 Å². The lowest BCUT2D eigenvalue weighted by atomic mass is 10.1. The van der Waals surface area contributed by atoms with Gasteiger partial charge in [0.25, 0.3) is 5.91 Å². The molecule has 10 heteroatoms. The Morgan fingerprint density at radius 3 is 2.86 bits per heavy atom. The molecule has 5 atom stereocenters. The molecule has 10 nitrogen and oxygen atoms in total. The normalized spacial score (nSPS) is 39.2. The fourth-order valence-corrected chi connectivity index (χ4v) is 2.55. The molecule has 0 saturated carbocycles. The number of amidine groups is 1. The van der Waals surface area contributed by atoms with Crippen LogP contribution < -0.4 is 5.32 Å². The second-order valence-electron chi connectivity index (χ2n) is 5.06. The van der Waals surface area contributed by atoms with E-state index in [1.807, 2.05) is 0 Å². The van der Waals surface area contributed by atoms with Crippen LogP contribution in [0.15, 0.2) is 15.0 Å². The molecule has 3 aliphatic heterocycles. The lowest BCUT2D eigenvalue weighted by Gasteiger charge is -2.28. The molecule has 120 valence electrons. The number of aliphatic imine (C=N–C) groups is 3. The van der Waals surface area contributed by atoms with Crippen LogP contribution in [-0.2, 0) is 9.53 Å². The first-order valence-electron chi connectivity index (χ1n) is 6.94. The van der Waals surface area contributed by atoms with Crippen LogP contribution in [-0.4, -0.2) is 88.0 Å². The molecule has 3 rings (SSSR count). The number of ether oxygens (including phenoxy) is 1. The fourth-order valence-electron chi connectivity index (χ4n) is 2.55. The minimum absolute atomic E-state index is 0.168. The Hall–Kier alpha value is -1.88. The van der Waals surface area contributed by atoms with Crippen molar-refractivity contribution >= 4 is 24.0 Å². The summed E-state index contributed by atoms with van der Waals surface area (Å²) in [5, 5.41) is 31.6. The van der Waals surface area contributed by atoms with Crippen LogP contribution in [0.1, 0.15) is 6.92 Å². The Labute approximate surface area is 125 Å². The number of nitrogens with zero attached hydrogens (tertiary/aromatic N) is 4. The summed E-state index contributed by atoms with van der Waals surface area (Å²) in [5.41, 5.74) is 0. The average Bonchev–Trinajstić information content (AvgIpc) is 3.03. The van der Waals surface area contributed by atoms with Crippen molar-refractivity contribution in [1.82, 2.24) is 10.2 Å². The number of fused-ring (bicyclic) bond motifs is 1. The number of hydrogen-bond acceptors (Lipinski definition) is 8. The number of hydrogen-bond donors (Lipinski definition) is 4. The molecule has 1 amide bonds. The maximum atomic E-state index is 12.0. The smallest absolute Gasteiger partial charge is 0.259 e. The molecule has 1 unspecified atom stereocenters. The molecule has 0 aliphatic carbocycles. The van der Waals surface area contributed by atoms with Crippen LogP contribution in [0.25, 0.3) is 0 Å². The maximum Gasteiger partial charge on any atom is 0.259 e. The largest absolute Gasteiger partial charge is 0.394 e. The monoisotopic (exact) mass is 311 g/mol. The third-order valence-electron chi connectivity index (χ3n) is 3.65. The zero-order valence-corrected chi connectivity index (χ0v) is 11.8. The Balaban J connectivity index is 1.88. The van der Waals surface area contributed by atoms with E-state index in [9.17, 15) is 15.0 Å². The molecular formula is C12H17N5O5. The third kappa shape index (κ3) is 2.29. The number of carbonyl (C=O) groups excluding carboxylic acids is 1. The van der Waals surface area contributed by atoms with Gasteiger partial charge in [-0.05, 0) is 6.92 Å². The minimum Gasteiger partial charge on any atom is -0.394 e. The Kier molecular flexibility index (Phi) is 3.91. The molecule has 0 aromatic carbocycles. The second-order valence-corrected chi connectivity index (χ2v) is 5.06. The van der Waals surface area contributed by atoms with E-state index in [4.69, 9.17) is 9.84 Å². The summed E-state index contributed by atoms with van der Waals surface area (Å²) in [7, 11) is 0. The van der Waals surface area contributed by atoms with E-state index in [0.29, 0.717) is 6.54 Å². The number of amides is 1. The van der Waals surface area contributed by atoms with Crippen LogP contribution in [0, 0.1) is 0 Å². The van der Waals surface area contributed by atoms with Crippen LogP contribution in [0.3, 0.4) is 0 Å². The van der Waals surface area contributed by atoms with Crippen molar-refractivity contribution in [2.45, 2.75) is 37.5 Å². The predicted octanol–water partition coefficient (Wildman–Crippen LogP) is -2.96. The molecule has 1 fully saturated rings. The quantitative estimate of drug-likeness (QED) is 0.439. The lowest BCUT2D eigenvalue weighted by molar-refractivity contribution is -0.119. The number of rotatable bonds is 3. The first-order valence-corrected chi connectivity index (χ1v) is 6.94. The summed E-state index contributed by atoms with van der Waals surface area (Å²) in [6.45, 7) is 1.82. The molecule has 0 spiro atoms. The molecule has 4 N–H and O–H groups in total. The van der Waals surface area contributed by atoms with Gasteiger partial charge in [0.1, 0.15) is 18.3 Å². The molecule has 22 heavy (non-hydrogen) atoms. The van der Waals surface area contributed by atoms with Crippen molar-refractivity contribution in [3.8, 4) is 0 Å². The van der Waals surface area contributed by atoms with Crippen LogP contribution in [0.2, 0.25) is 0 Å². The summed E-state index contributed by atoms with van der Waals surface area (Å²) in [4.78, 5) is 25.7. The van der Waals surface area contributed by atoms with Gasteiger partial charge in [-0.1, -0.05) is 0 Å². The lowest BCUT2D eigenvalue weighted by Crippen LogP contribution is -2.53. The van der Waals surface area contributed by atoms with Crippen molar-refractivity contribution in [3.63, 3.8) is 0 Å². The highest BCUT2D eigenvalue weighted by Gasteiger charge is 2.49. The molecular weight excluding hydrogens is 294 g/mol. The minimum atomic E-state index is -1.26. The molecule has 0 bridgehead atoms. The van der Waals surface area contributed by atoms with E-state index in [2.05, 4.69) is 20.3 Å². The molecule has 3 heterocycles. The van der Waals surface area contributed by atoms with Gasteiger partial charge in [-0.2, -0.15) is 4.99 Å². The number of nitrogens with one attached hydrogen (secondary N) is 1. The predicted molar refractivity (Wildman–Crippen MR) is 75.4 cm³/mol. The van der Waals surface area contributed by atoms with Crippen molar-refractivity contribution in [1.29, 1.82) is 0 Å². The van der Waals surface area contributed by atoms with E-state index >= 15 is 0 Å². The highest BCUT2D eigenvalue weighted by atomic mass is 16.6. The Morgan fingerprint density at radius 1 is 1.45 bits per heavy atom.